The van der Waals surface area contributed by atoms with Crippen LogP contribution in [0.5, 0.6) is 0 Å². The summed E-state index contributed by atoms with van der Waals surface area (Å²) in [6, 6.07) is 0. The molecule has 1 N–H and O–H groups in total. The Balaban J connectivity index is 1.91. The fraction of sp³-hybridized carbons (Fsp3) is 1.00. The van der Waals surface area contributed by atoms with Gasteiger partial charge in [0.25, 0.3) is 0 Å². The summed E-state index contributed by atoms with van der Waals surface area (Å²) in [5, 5.41) is 9.90. The molecule has 0 aliphatic heterocycles. The first-order valence-corrected chi connectivity index (χ1v) is 5.49. The van der Waals surface area contributed by atoms with Crippen LogP contribution in [0.3, 0.4) is 0 Å². The Kier molecular flexibility index (Phi) is 1.52. The van der Waals surface area contributed by atoms with Crippen LogP contribution in [0.2, 0.25) is 0 Å². The van der Waals surface area contributed by atoms with Gasteiger partial charge in [-0.3, -0.25) is 0 Å². The molecule has 12 heavy (non-hydrogen) atoms. The van der Waals surface area contributed by atoms with Crippen LogP contribution in [0.15, 0.2) is 0 Å². The summed E-state index contributed by atoms with van der Waals surface area (Å²) in [6.45, 7) is 0. The Morgan fingerprint density at radius 2 is 1.17 bits per heavy atom. The van der Waals surface area contributed by atoms with Gasteiger partial charge in [0.05, 0.1) is 6.10 Å². The highest BCUT2D eigenvalue weighted by molar-refractivity contribution is 4.93. The van der Waals surface area contributed by atoms with Gasteiger partial charge in [0.1, 0.15) is 0 Å². The molecule has 0 spiro atoms. The second kappa shape index (κ2) is 2.47. The lowest BCUT2D eigenvalue weighted by Gasteiger charge is -2.38. The molecular weight excluding hydrogens is 148 g/mol. The SMILES string of the molecule is O[C@H]1CC2C[C@@H]3CC1C[C@H](C2)C3. The normalized spacial score (nSPS) is 57.2. The van der Waals surface area contributed by atoms with Gasteiger partial charge >= 0.3 is 0 Å². The molecule has 4 saturated carbocycles. The largest absolute Gasteiger partial charge is 0.393 e. The van der Waals surface area contributed by atoms with Gasteiger partial charge < -0.3 is 5.11 Å². The summed E-state index contributed by atoms with van der Waals surface area (Å²) in [5.74, 6) is 3.55. The molecule has 4 aliphatic rings. The molecule has 4 fully saturated rings. The first kappa shape index (κ1) is 7.37. The van der Waals surface area contributed by atoms with Gasteiger partial charge in [-0.05, 0) is 62.2 Å². The number of aliphatic hydroxyl groups excluding tert-OH is 1. The van der Waals surface area contributed by atoms with E-state index >= 15 is 0 Å². The zero-order valence-corrected chi connectivity index (χ0v) is 7.58. The molecule has 0 aromatic rings. The zero-order chi connectivity index (χ0) is 8.13. The molecule has 5 atom stereocenters. The number of aliphatic hydroxyl groups is 1. The molecule has 0 saturated heterocycles. The van der Waals surface area contributed by atoms with E-state index in [1.165, 1.54) is 32.1 Å². The highest BCUT2D eigenvalue weighted by Crippen LogP contribution is 2.51. The van der Waals surface area contributed by atoms with Crippen molar-refractivity contribution in [2.75, 3.05) is 0 Å². The first-order chi connectivity index (χ1) is 5.81. The molecule has 0 amide bonds. The minimum absolute atomic E-state index is 0.0605. The minimum Gasteiger partial charge on any atom is -0.393 e. The fourth-order valence-electron chi connectivity index (χ4n) is 4.08. The summed E-state index contributed by atoms with van der Waals surface area (Å²) in [5.41, 5.74) is 0. The lowest BCUT2D eigenvalue weighted by atomic mass is 9.68. The Labute approximate surface area is 74.2 Å². The van der Waals surface area contributed by atoms with Crippen LogP contribution in [0.1, 0.15) is 38.5 Å². The van der Waals surface area contributed by atoms with Gasteiger partial charge in [-0.2, -0.15) is 0 Å². The van der Waals surface area contributed by atoms with E-state index in [1.54, 1.807) is 0 Å². The number of hydrogen-bond donors (Lipinski definition) is 1. The minimum atomic E-state index is 0.0605. The number of rotatable bonds is 0. The zero-order valence-electron chi connectivity index (χ0n) is 7.58. The van der Waals surface area contributed by atoms with E-state index in [1.807, 2.05) is 0 Å². The first-order valence-electron chi connectivity index (χ1n) is 5.49. The summed E-state index contributed by atoms with van der Waals surface area (Å²) in [6.07, 6.45) is 8.22. The van der Waals surface area contributed by atoms with Gasteiger partial charge in [-0.1, -0.05) is 0 Å². The molecular formula is C11H18O. The third-order valence-electron chi connectivity index (χ3n) is 4.39. The average molecular weight is 166 g/mol. The van der Waals surface area contributed by atoms with E-state index in [2.05, 4.69) is 0 Å². The molecule has 0 aromatic carbocycles. The maximum absolute atomic E-state index is 9.90. The summed E-state index contributed by atoms with van der Waals surface area (Å²) >= 11 is 0. The van der Waals surface area contributed by atoms with Crippen LogP contribution >= 0.6 is 0 Å². The van der Waals surface area contributed by atoms with Crippen molar-refractivity contribution in [2.24, 2.45) is 23.7 Å². The second-order valence-electron chi connectivity index (χ2n) is 5.34. The number of fused-ring (bicyclic) bond motifs is 1. The fourth-order valence-corrected chi connectivity index (χ4v) is 4.08. The van der Waals surface area contributed by atoms with Crippen molar-refractivity contribution >= 4 is 0 Å². The van der Waals surface area contributed by atoms with E-state index in [4.69, 9.17) is 0 Å². The molecule has 4 rings (SSSR count). The second-order valence-corrected chi connectivity index (χ2v) is 5.34. The lowest BCUT2D eigenvalue weighted by Crippen LogP contribution is -2.29. The molecule has 0 aromatic heterocycles. The van der Waals surface area contributed by atoms with E-state index in [9.17, 15) is 5.11 Å². The molecule has 68 valence electrons. The van der Waals surface area contributed by atoms with E-state index < -0.39 is 0 Å². The Bertz CT molecular complexity index is 175. The van der Waals surface area contributed by atoms with Crippen molar-refractivity contribution in [1.82, 2.24) is 0 Å². The van der Waals surface area contributed by atoms with Gasteiger partial charge in [-0.15, -0.1) is 0 Å². The van der Waals surface area contributed by atoms with Crippen LogP contribution in [-0.2, 0) is 0 Å². The molecule has 1 nitrogen and oxygen atoms in total. The standard InChI is InChI=1S/C11H18O/c12-11-6-9-2-7-1-8(3-9)5-10(11)4-7/h7-12H,1-6H2/t7-,8+,9?,10?,11-/m0/s1. The number of hydrogen-bond acceptors (Lipinski definition) is 1. The molecule has 2 unspecified atom stereocenters. The monoisotopic (exact) mass is 166 g/mol. The van der Waals surface area contributed by atoms with Crippen molar-refractivity contribution in [3.05, 3.63) is 0 Å². The van der Waals surface area contributed by atoms with Gasteiger partial charge in [-0.25, -0.2) is 0 Å². The van der Waals surface area contributed by atoms with Gasteiger partial charge in [0.15, 0.2) is 0 Å². The third-order valence-corrected chi connectivity index (χ3v) is 4.39. The Hall–Kier alpha value is -0.0400. The van der Waals surface area contributed by atoms with Crippen LogP contribution in [0.4, 0.5) is 0 Å². The predicted molar refractivity (Wildman–Crippen MR) is 47.7 cm³/mol. The van der Waals surface area contributed by atoms with Crippen molar-refractivity contribution in [1.29, 1.82) is 0 Å². The van der Waals surface area contributed by atoms with Crippen LogP contribution in [-0.4, -0.2) is 11.2 Å². The molecule has 0 heterocycles. The van der Waals surface area contributed by atoms with Gasteiger partial charge in [0, 0.05) is 0 Å². The maximum atomic E-state index is 9.90. The molecule has 4 bridgehead atoms. The topological polar surface area (TPSA) is 20.2 Å². The molecule has 1 heteroatoms. The molecule has 4 aliphatic carbocycles. The quantitative estimate of drug-likeness (QED) is 0.585. The summed E-state index contributed by atoms with van der Waals surface area (Å²) in [7, 11) is 0. The highest BCUT2D eigenvalue weighted by Gasteiger charge is 2.42. The smallest absolute Gasteiger partial charge is 0.0571 e. The maximum Gasteiger partial charge on any atom is 0.0571 e. The Morgan fingerprint density at radius 3 is 1.75 bits per heavy atom. The van der Waals surface area contributed by atoms with Crippen LogP contribution in [0.25, 0.3) is 0 Å². The molecule has 0 radical (unpaired) electrons. The highest BCUT2D eigenvalue weighted by atomic mass is 16.3. The van der Waals surface area contributed by atoms with Crippen molar-refractivity contribution in [2.45, 2.75) is 44.6 Å². The van der Waals surface area contributed by atoms with Crippen LogP contribution < -0.4 is 0 Å². The van der Waals surface area contributed by atoms with Gasteiger partial charge in [0.2, 0.25) is 0 Å². The van der Waals surface area contributed by atoms with E-state index in [0.717, 1.165) is 24.2 Å². The van der Waals surface area contributed by atoms with E-state index in [0.29, 0.717) is 5.92 Å². The van der Waals surface area contributed by atoms with Crippen molar-refractivity contribution in [3.63, 3.8) is 0 Å². The van der Waals surface area contributed by atoms with Crippen molar-refractivity contribution < 1.29 is 5.11 Å². The third kappa shape index (κ3) is 1.02. The lowest BCUT2D eigenvalue weighted by molar-refractivity contribution is 0.0689. The average Bonchev–Trinajstić information content (AvgIpc) is 2.16. The summed E-state index contributed by atoms with van der Waals surface area (Å²) < 4.78 is 0. The van der Waals surface area contributed by atoms with Crippen LogP contribution in [0, 0.1) is 23.7 Å². The summed E-state index contributed by atoms with van der Waals surface area (Å²) in [4.78, 5) is 0. The van der Waals surface area contributed by atoms with E-state index in [-0.39, 0.29) is 6.10 Å². The predicted octanol–water partition coefficient (Wildman–Crippen LogP) is 2.19. The van der Waals surface area contributed by atoms with Crippen molar-refractivity contribution in [3.8, 4) is 0 Å². The Morgan fingerprint density at radius 1 is 0.667 bits per heavy atom.